The standard InChI is InChI=1S/C20H34N2O3/c1-17(12-8-4-2-6-10-14-23)21-18-16-19(18)22-20(25)13-9-5-3-7-11-15-24/h8-9,12-13,18-19,21,23-24H,1-7,10-11,14-16H2,(H,22,25)/b12-8+,13-9+/t18-,19+/m1/s1. The number of aliphatic hydroxyl groups excluding tert-OH is 2. The summed E-state index contributed by atoms with van der Waals surface area (Å²) < 4.78 is 0. The summed E-state index contributed by atoms with van der Waals surface area (Å²) in [4.78, 5) is 11.8. The first kappa shape index (κ1) is 21.5. The van der Waals surface area contributed by atoms with Crippen molar-refractivity contribution in [3.8, 4) is 0 Å². The predicted molar refractivity (Wildman–Crippen MR) is 102 cm³/mol. The van der Waals surface area contributed by atoms with E-state index in [2.05, 4.69) is 23.3 Å². The van der Waals surface area contributed by atoms with Gasteiger partial charge in [0.1, 0.15) is 0 Å². The molecule has 0 unspecified atom stereocenters. The molecule has 0 bridgehead atoms. The summed E-state index contributed by atoms with van der Waals surface area (Å²) in [5, 5.41) is 23.7. The molecule has 1 saturated carbocycles. The summed E-state index contributed by atoms with van der Waals surface area (Å²) in [6.45, 7) is 4.50. The minimum Gasteiger partial charge on any atom is -0.396 e. The fourth-order valence-electron chi connectivity index (χ4n) is 2.55. The van der Waals surface area contributed by atoms with Crippen molar-refractivity contribution in [3.63, 3.8) is 0 Å². The van der Waals surface area contributed by atoms with Gasteiger partial charge in [0.05, 0.1) is 6.04 Å². The molecule has 0 radical (unpaired) electrons. The van der Waals surface area contributed by atoms with Crippen molar-refractivity contribution in [2.24, 2.45) is 0 Å². The van der Waals surface area contributed by atoms with Crippen LogP contribution in [0.5, 0.6) is 0 Å². The Morgan fingerprint density at radius 3 is 2.04 bits per heavy atom. The number of hydrogen-bond donors (Lipinski definition) is 4. The van der Waals surface area contributed by atoms with Gasteiger partial charge in [0.15, 0.2) is 0 Å². The van der Waals surface area contributed by atoms with Gasteiger partial charge in [-0.3, -0.25) is 4.79 Å². The summed E-state index contributed by atoms with van der Waals surface area (Å²) in [7, 11) is 0. The Balaban J connectivity index is 2.06. The SMILES string of the molecule is C=C(/C=C/CCCCCO)N[C@@H]1C[C@@H]1NC(=O)/C=C/CCCCCO. The van der Waals surface area contributed by atoms with Crippen LogP contribution in [-0.2, 0) is 4.79 Å². The summed E-state index contributed by atoms with van der Waals surface area (Å²) in [6.07, 6.45) is 16.2. The van der Waals surface area contributed by atoms with E-state index in [-0.39, 0.29) is 31.2 Å². The highest BCUT2D eigenvalue weighted by molar-refractivity contribution is 5.88. The van der Waals surface area contributed by atoms with Crippen LogP contribution in [0, 0.1) is 0 Å². The van der Waals surface area contributed by atoms with Crippen LogP contribution in [0.4, 0.5) is 0 Å². The van der Waals surface area contributed by atoms with E-state index in [1.165, 1.54) is 0 Å². The van der Waals surface area contributed by atoms with Gasteiger partial charge in [-0.2, -0.15) is 0 Å². The highest BCUT2D eigenvalue weighted by Crippen LogP contribution is 2.22. The molecule has 142 valence electrons. The Bertz CT molecular complexity index is 406. The minimum atomic E-state index is -0.0403. The second-order valence-corrected chi connectivity index (χ2v) is 6.58. The Kier molecular flexibility index (Phi) is 11.7. The van der Waals surface area contributed by atoms with Crippen molar-refractivity contribution >= 4 is 5.91 Å². The minimum absolute atomic E-state index is 0.0403. The molecule has 25 heavy (non-hydrogen) atoms. The number of carbonyl (C=O) groups is 1. The maximum Gasteiger partial charge on any atom is 0.243 e. The van der Waals surface area contributed by atoms with E-state index in [4.69, 9.17) is 10.2 Å². The van der Waals surface area contributed by atoms with Crippen LogP contribution in [0.2, 0.25) is 0 Å². The van der Waals surface area contributed by atoms with Crippen LogP contribution >= 0.6 is 0 Å². The monoisotopic (exact) mass is 350 g/mol. The van der Waals surface area contributed by atoms with Crippen LogP contribution in [-0.4, -0.2) is 41.4 Å². The molecule has 1 aliphatic rings. The Morgan fingerprint density at radius 1 is 0.880 bits per heavy atom. The molecule has 2 atom stereocenters. The van der Waals surface area contributed by atoms with Crippen molar-refractivity contribution in [1.29, 1.82) is 0 Å². The third-order valence-corrected chi connectivity index (χ3v) is 4.13. The zero-order chi connectivity index (χ0) is 18.3. The van der Waals surface area contributed by atoms with E-state index >= 15 is 0 Å². The number of aliphatic hydroxyl groups is 2. The van der Waals surface area contributed by atoms with Gasteiger partial charge < -0.3 is 20.8 Å². The highest BCUT2D eigenvalue weighted by atomic mass is 16.3. The van der Waals surface area contributed by atoms with Gasteiger partial charge in [0.25, 0.3) is 0 Å². The van der Waals surface area contributed by atoms with Crippen molar-refractivity contribution < 1.29 is 15.0 Å². The molecule has 0 saturated heterocycles. The number of hydrogen-bond acceptors (Lipinski definition) is 4. The zero-order valence-electron chi connectivity index (χ0n) is 15.3. The predicted octanol–water partition coefficient (Wildman–Crippen LogP) is 2.56. The molecule has 0 aromatic heterocycles. The van der Waals surface area contributed by atoms with Crippen LogP contribution in [0.1, 0.15) is 57.8 Å². The quantitative estimate of drug-likeness (QED) is 0.208. The number of rotatable bonds is 15. The average molecular weight is 351 g/mol. The van der Waals surface area contributed by atoms with Crippen molar-refractivity contribution in [2.75, 3.05) is 13.2 Å². The van der Waals surface area contributed by atoms with E-state index in [0.29, 0.717) is 0 Å². The van der Waals surface area contributed by atoms with E-state index in [1.54, 1.807) is 6.08 Å². The normalized spacial score (nSPS) is 19.4. The lowest BCUT2D eigenvalue weighted by atomic mass is 10.2. The number of amides is 1. The maximum atomic E-state index is 11.8. The molecular formula is C20H34N2O3. The number of nitrogens with one attached hydrogen (secondary N) is 2. The zero-order valence-corrected chi connectivity index (χ0v) is 15.3. The fourth-order valence-corrected chi connectivity index (χ4v) is 2.55. The van der Waals surface area contributed by atoms with Gasteiger partial charge in [0, 0.05) is 25.0 Å². The summed E-state index contributed by atoms with van der Waals surface area (Å²) in [5.41, 5.74) is 0.878. The topological polar surface area (TPSA) is 81.6 Å². The lowest BCUT2D eigenvalue weighted by Crippen LogP contribution is -2.30. The molecule has 0 heterocycles. The van der Waals surface area contributed by atoms with Crippen molar-refractivity contribution in [3.05, 3.63) is 36.6 Å². The van der Waals surface area contributed by atoms with Crippen LogP contribution < -0.4 is 10.6 Å². The Hall–Kier alpha value is -1.59. The van der Waals surface area contributed by atoms with Crippen LogP contribution in [0.3, 0.4) is 0 Å². The molecule has 5 nitrogen and oxygen atoms in total. The molecule has 0 aromatic rings. The molecule has 1 rings (SSSR count). The first-order chi connectivity index (χ1) is 12.2. The molecule has 4 N–H and O–H groups in total. The summed E-state index contributed by atoms with van der Waals surface area (Å²) in [5.74, 6) is -0.0403. The van der Waals surface area contributed by atoms with Gasteiger partial charge >= 0.3 is 0 Å². The van der Waals surface area contributed by atoms with Gasteiger partial charge in [0.2, 0.25) is 5.91 Å². The Labute approximate surface area is 151 Å². The second kappa shape index (κ2) is 13.7. The molecule has 0 aromatic carbocycles. The molecule has 0 aliphatic heterocycles. The summed E-state index contributed by atoms with van der Waals surface area (Å²) in [6, 6.07) is 0.453. The average Bonchev–Trinajstić information content (AvgIpc) is 3.31. The van der Waals surface area contributed by atoms with Crippen LogP contribution in [0.25, 0.3) is 0 Å². The Morgan fingerprint density at radius 2 is 1.44 bits per heavy atom. The van der Waals surface area contributed by atoms with Gasteiger partial charge in [-0.05, 0) is 57.1 Å². The third kappa shape index (κ3) is 11.6. The molecule has 1 amide bonds. The van der Waals surface area contributed by atoms with Crippen molar-refractivity contribution in [2.45, 2.75) is 69.9 Å². The molecular weight excluding hydrogens is 316 g/mol. The molecule has 0 spiro atoms. The van der Waals surface area contributed by atoms with Gasteiger partial charge in [-0.15, -0.1) is 0 Å². The molecule has 1 fully saturated rings. The van der Waals surface area contributed by atoms with E-state index < -0.39 is 0 Å². The number of unbranched alkanes of at least 4 members (excludes halogenated alkanes) is 6. The van der Waals surface area contributed by atoms with Crippen molar-refractivity contribution in [1.82, 2.24) is 10.6 Å². The summed E-state index contributed by atoms with van der Waals surface area (Å²) >= 11 is 0. The fraction of sp³-hybridized carbons (Fsp3) is 0.650. The largest absolute Gasteiger partial charge is 0.396 e. The maximum absolute atomic E-state index is 11.8. The second-order valence-electron chi connectivity index (χ2n) is 6.58. The number of carbonyl (C=O) groups excluding carboxylic acids is 1. The first-order valence-corrected chi connectivity index (χ1v) is 9.48. The van der Waals surface area contributed by atoms with Crippen LogP contribution in [0.15, 0.2) is 36.6 Å². The van der Waals surface area contributed by atoms with Gasteiger partial charge in [-0.25, -0.2) is 0 Å². The third-order valence-electron chi connectivity index (χ3n) is 4.13. The number of allylic oxidation sites excluding steroid dienone is 3. The van der Waals surface area contributed by atoms with Gasteiger partial charge in [-0.1, -0.05) is 31.6 Å². The first-order valence-electron chi connectivity index (χ1n) is 9.48. The van der Waals surface area contributed by atoms with E-state index in [9.17, 15) is 4.79 Å². The van der Waals surface area contributed by atoms with E-state index in [1.807, 2.05) is 12.2 Å². The smallest absolute Gasteiger partial charge is 0.243 e. The molecule has 1 aliphatic carbocycles. The highest BCUT2D eigenvalue weighted by Gasteiger charge is 2.37. The lowest BCUT2D eigenvalue weighted by Gasteiger charge is -2.06. The lowest BCUT2D eigenvalue weighted by molar-refractivity contribution is -0.116. The molecule has 5 heteroatoms. The van der Waals surface area contributed by atoms with E-state index in [0.717, 1.165) is 63.5 Å².